The van der Waals surface area contributed by atoms with Gasteiger partial charge in [-0.25, -0.2) is 4.79 Å². The molecule has 3 heteroatoms. The van der Waals surface area contributed by atoms with E-state index in [2.05, 4.69) is 17.4 Å². The van der Waals surface area contributed by atoms with Crippen LogP contribution >= 0.6 is 0 Å². The first-order valence-corrected chi connectivity index (χ1v) is 6.73. The normalized spacial score (nSPS) is 21.2. The van der Waals surface area contributed by atoms with Crippen molar-refractivity contribution in [3.8, 4) is 0 Å². The van der Waals surface area contributed by atoms with E-state index in [1.807, 2.05) is 6.07 Å². The Hall–Kier alpha value is -1.51. The second-order valence-corrected chi connectivity index (χ2v) is 5.74. The van der Waals surface area contributed by atoms with Gasteiger partial charge in [0, 0.05) is 5.69 Å². The molecule has 1 fully saturated rings. The molecule has 96 valence electrons. The highest BCUT2D eigenvalue weighted by Gasteiger charge is 2.47. The van der Waals surface area contributed by atoms with Gasteiger partial charge in [-0.2, -0.15) is 0 Å². The lowest BCUT2D eigenvalue weighted by Crippen LogP contribution is -2.45. The molecule has 0 bridgehead atoms. The van der Waals surface area contributed by atoms with Gasteiger partial charge in [-0.05, 0) is 68.2 Å². The highest BCUT2D eigenvalue weighted by atomic mass is 16.4. The van der Waals surface area contributed by atoms with Crippen LogP contribution in [-0.4, -0.2) is 16.6 Å². The number of benzene rings is 1. The fourth-order valence-electron chi connectivity index (χ4n) is 2.94. The van der Waals surface area contributed by atoms with Crippen molar-refractivity contribution < 1.29 is 9.90 Å². The van der Waals surface area contributed by atoms with Crippen molar-refractivity contribution in [2.45, 2.75) is 44.6 Å². The number of hydrogen-bond acceptors (Lipinski definition) is 2. The fourth-order valence-corrected chi connectivity index (χ4v) is 2.94. The Morgan fingerprint density at radius 3 is 2.72 bits per heavy atom. The summed E-state index contributed by atoms with van der Waals surface area (Å²) in [6.07, 6.45) is 5.53. The molecule has 2 N–H and O–H groups in total. The Labute approximate surface area is 107 Å². The summed E-state index contributed by atoms with van der Waals surface area (Å²) in [5, 5.41) is 12.7. The van der Waals surface area contributed by atoms with Crippen LogP contribution < -0.4 is 5.32 Å². The number of rotatable bonds is 4. The quantitative estimate of drug-likeness (QED) is 0.857. The molecule has 0 radical (unpaired) electrons. The Morgan fingerprint density at radius 2 is 2.06 bits per heavy atom. The third-order valence-electron chi connectivity index (χ3n) is 4.34. The van der Waals surface area contributed by atoms with E-state index in [1.54, 1.807) is 6.92 Å². The Morgan fingerprint density at radius 1 is 1.33 bits per heavy atom. The van der Waals surface area contributed by atoms with Crippen LogP contribution in [0.4, 0.5) is 5.69 Å². The number of hydrogen-bond donors (Lipinski definition) is 2. The number of carboxylic acids is 1. The number of aryl methyl sites for hydroxylation is 2. The van der Waals surface area contributed by atoms with Gasteiger partial charge in [-0.1, -0.05) is 6.07 Å². The van der Waals surface area contributed by atoms with Crippen molar-refractivity contribution >= 4 is 11.7 Å². The van der Waals surface area contributed by atoms with E-state index in [-0.39, 0.29) is 5.92 Å². The zero-order valence-electron chi connectivity index (χ0n) is 10.7. The number of anilines is 1. The molecule has 1 atom stereocenters. The van der Waals surface area contributed by atoms with Crippen molar-refractivity contribution in [3.63, 3.8) is 0 Å². The SMILES string of the molecule is CC(Nc1ccc2c(c1)CCC2)(C(=O)O)C1CC1. The Bertz CT molecular complexity index is 493. The summed E-state index contributed by atoms with van der Waals surface area (Å²) in [6, 6.07) is 6.29. The third kappa shape index (κ3) is 1.88. The maximum atomic E-state index is 11.5. The number of carbonyl (C=O) groups is 1. The number of aliphatic carboxylic acids is 1. The van der Waals surface area contributed by atoms with Gasteiger partial charge in [0.05, 0.1) is 0 Å². The summed E-state index contributed by atoms with van der Waals surface area (Å²) >= 11 is 0. The van der Waals surface area contributed by atoms with E-state index in [1.165, 1.54) is 17.5 Å². The molecule has 3 nitrogen and oxygen atoms in total. The molecule has 0 spiro atoms. The minimum atomic E-state index is -0.813. The lowest BCUT2D eigenvalue weighted by atomic mass is 9.95. The number of nitrogens with one attached hydrogen (secondary N) is 1. The van der Waals surface area contributed by atoms with Gasteiger partial charge in [-0.3, -0.25) is 0 Å². The first-order chi connectivity index (χ1) is 8.59. The first-order valence-electron chi connectivity index (χ1n) is 6.73. The molecule has 1 aromatic carbocycles. The minimum Gasteiger partial charge on any atom is -0.480 e. The summed E-state index contributed by atoms with van der Waals surface area (Å²) in [5.41, 5.74) is 2.94. The summed E-state index contributed by atoms with van der Waals surface area (Å²) in [6.45, 7) is 1.81. The van der Waals surface area contributed by atoms with E-state index in [4.69, 9.17) is 0 Å². The Kier molecular flexibility index (Phi) is 2.58. The molecule has 0 aliphatic heterocycles. The van der Waals surface area contributed by atoms with Crippen molar-refractivity contribution in [1.29, 1.82) is 0 Å². The van der Waals surface area contributed by atoms with Gasteiger partial charge in [0.2, 0.25) is 0 Å². The molecule has 3 rings (SSSR count). The van der Waals surface area contributed by atoms with Crippen LogP contribution in [0.2, 0.25) is 0 Å². The van der Waals surface area contributed by atoms with Crippen molar-refractivity contribution in [3.05, 3.63) is 29.3 Å². The molecule has 2 aliphatic carbocycles. The van der Waals surface area contributed by atoms with Crippen LogP contribution in [0.3, 0.4) is 0 Å². The summed E-state index contributed by atoms with van der Waals surface area (Å²) in [7, 11) is 0. The molecular formula is C15H19NO2. The smallest absolute Gasteiger partial charge is 0.329 e. The molecule has 1 aromatic rings. The predicted octanol–water partition coefficient (Wildman–Crippen LogP) is 2.84. The van der Waals surface area contributed by atoms with Crippen LogP contribution in [0, 0.1) is 5.92 Å². The highest BCUT2D eigenvalue weighted by Crippen LogP contribution is 2.42. The lowest BCUT2D eigenvalue weighted by Gasteiger charge is -2.27. The second-order valence-electron chi connectivity index (χ2n) is 5.74. The second kappa shape index (κ2) is 4.01. The van der Waals surface area contributed by atoms with Gasteiger partial charge in [0.1, 0.15) is 5.54 Å². The lowest BCUT2D eigenvalue weighted by molar-refractivity contribution is -0.142. The number of carboxylic acid groups (broad SMARTS) is 1. The van der Waals surface area contributed by atoms with Crippen molar-refractivity contribution in [1.82, 2.24) is 0 Å². The fraction of sp³-hybridized carbons (Fsp3) is 0.533. The predicted molar refractivity (Wildman–Crippen MR) is 70.9 cm³/mol. The first kappa shape index (κ1) is 11.6. The molecule has 1 unspecified atom stereocenters. The molecule has 2 aliphatic rings. The third-order valence-corrected chi connectivity index (χ3v) is 4.34. The molecule has 0 saturated heterocycles. The average molecular weight is 245 g/mol. The van der Waals surface area contributed by atoms with E-state index in [0.717, 1.165) is 31.4 Å². The van der Waals surface area contributed by atoms with E-state index in [0.29, 0.717) is 0 Å². The zero-order valence-corrected chi connectivity index (χ0v) is 10.7. The zero-order chi connectivity index (χ0) is 12.8. The van der Waals surface area contributed by atoms with E-state index < -0.39 is 11.5 Å². The maximum Gasteiger partial charge on any atom is 0.329 e. The van der Waals surface area contributed by atoms with Crippen LogP contribution in [-0.2, 0) is 17.6 Å². The van der Waals surface area contributed by atoms with Crippen LogP contribution in [0.15, 0.2) is 18.2 Å². The Balaban J connectivity index is 1.85. The molecular weight excluding hydrogens is 226 g/mol. The van der Waals surface area contributed by atoms with E-state index in [9.17, 15) is 9.90 Å². The summed E-state index contributed by atoms with van der Waals surface area (Å²) in [5.74, 6) is -0.478. The molecule has 1 saturated carbocycles. The summed E-state index contributed by atoms with van der Waals surface area (Å²) < 4.78 is 0. The van der Waals surface area contributed by atoms with Crippen molar-refractivity contribution in [2.75, 3.05) is 5.32 Å². The van der Waals surface area contributed by atoms with Gasteiger partial charge in [-0.15, -0.1) is 0 Å². The molecule has 0 heterocycles. The van der Waals surface area contributed by atoms with Crippen molar-refractivity contribution in [2.24, 2.45) is 5.92 Å². The minimum absolute atomic E-state index is 0.267. The van der Waals surface area contributed by atoms with Crippen LogP contribution in [0.5, 0.6) is 0 Å². The monoisotopic (exact) mass is 245 g/mol. The van der Waals surface area contributed by atoms with Gasteiger partial charge in [0.15, 0.2) is 0 Å². The largest absolute Gasteiger partial charge is 0.480 e. The topological polar surface area (TPSA) is 49.3 Å². The van der Waals surface area contributed by atoms with Crippen LogP contribution in [0.25, 0.3) is 0 Å². The van der Waals surface area contributed by atoms with E-state index >= 15 is 0 Å². The average Bonchev–Trinajstić information content (AvgIpc) is 3.09. The number of fused-ring (bicyclic) bond motifs is 1. The van der Waals surface area contributed by atoms with Gasteiger partial charge >= 0.3 is 5.97 Å². The molecule has 0 aromatic heterocycles. The highest BCUT2D eigenvalue weighted by molar-refractivity contribution is 5.83. The van der Waals surface area contributed by atoms with Gasteiger partial charge < -0.3 is 10.4 Å². The maximum absolute atomic E-state index is 11.5. The van der Waals surface area contributed by atoms with Crippen LogP contribution in [0.1, 0.15) is 37.3 Å². The summed E-state index contributed by atoms with van der Waals surface area (Å²) in [4.78, 5) is 11.5. The standard InChI is InChI=1S/C15H19NO2/c1-15(14(17)18,12-6-7-12)16-13-8-5-10-3-2-4-11(10)9-13/h5,8-9,12,16H,2-4,6-7H2,1H3,(H,17,18). The molecule has 18 heavy (non-hydrogen) atoms. The van der Waals surface area contributed by atoms with Gasteiger partial charge in [0.25, 0.3) is 0 Å². The molecule has 0 amide bonds.